The van der Waals surface area contributed by atoms with E-state index in [1.165, 1.54) is 4.88 Å². The number of rotatable bonds is 6. The van der Waals surface area contributed by atoms with E-state index in [4.69, 9.17) is 4.74 Å². The topological polar surface area (TPSA) is 49.8 Å². The highest BCUT2D eigenvalue weighted by Crippen LogP contribution is 2.31. The molecule has 0 aromatic carbocycles. The summed E-state index contributed by atoms with van der Waals surface area (Å²) in [4.78, 5) is 15.1. The van der Waals surface area contributed by atoms with Crippen molar-refractivity contribution in [1.82, 2.24) is 4.90 Å². The van der Waals surface area contributed by atoms with Gasteiger partial charge in [-0.1, -0.05) is 6.07 Å². The van der Waals surface area contributed by atoms with Crippen LogP contribution in [0.15, 0.2) is 17.5 Å². The Bertz CT molecular complexity index is 410. The first kappa shape index (κ1) is 14.5. The van der Waals surface area contributed by atoms with E-state index in [2.05, 4.69) is 30.2 Å². The van der Waals surface area contributed by atoms with E-state index in [0.717, 1.165) is 6.54 Å². The van der Waals surface area contributed by atoms with Crippen molar-refractivity contribution in [2.75, 3.05) is 19.8 Å². The van der Waals surface area contributed by atoms with Gasteiger partial charge in [0.15, 0.2) is 0 Å². The number of carboxylic acids is 1. The lowest BCUT2D eigenvalue weighted by Crippen LogP contribution is -2.45. The van der Waals surface area contributed by atoms with Crippen LogP contribution >= 0.6 is 11.3 Å². The van der Waals surface area contributed by atoms with Crippen LogP contribution in [0, 0.1) is 5.41 Å². The minimum Gasteiger partial charge on any atom is -0.481 e. The lowest BCUT2D eigenvalue weighted by atomic mass is 9.86. The van der Waals surface area contributed by atoms with Crippen LogP contribution in [0.1, 0.15) is 25.1 Å². The van der Waals surface area contributed by atoms with Crippen LogP contribution in [-0.2, 0) is 16.1 Å². The van der Waals surface area contributed by atoms with Gasteiger partial charge >= 0.3 is 5.97 Å². The monoisotopic (exact) mass is 283 g/mol. The van der Waals surface area contributed by atoms with Crippen LogP contribution in [0.2, 0.25) is 0 Å². The molecule has 0 amide bonds. The molecule has 1 saturated heterocycles. The third-order valence-corrected chi connectivity index (χ3v) is 4.59. The minimum atomic E-state index is -0.735. The van der Waals surface area contributed by atoms with E-state index in [-0.39, 0.29) is 0 Å². The average molecular weight is 283 g/mol. The van der Waals surface area contributed by atoms with Gasteiger partial charge < -0.3 is 9.84 Å². The standard InChI is InChI=1S/C14H21NO3S/c1-11(2)15(8-12-4-3-7-19-12)9-14(13(16)17)5-6-18-10-14/h3-4,7,11H,5-6,8-10H2,1-2H3,(H,16,17). The van der Waals surface area contributed by atoms with Crippen molar-refractivity contribution < 1.29 is 14.6 Å². The summed E-state index contributed by atoms with van der Waals surface area (Å²) in [7, 11) is 0. The Hall–Kier alpha value is -0.910. The van der Waals surface area contributed by atoms with Gasteiger partial charge in [-0.2, -0.15) is 0 Å². The summed E-state index contributed by atoms with van der Waals surface area (Å²) >= 11 is 1.71. The number of carbonyl (C=O) groups is 1. The highest BCUT2D eigenvalue weighted by Gasteiger charge is 2.44. The Morgan fingerprint density at radius 1 is 1.63 bits per heavy atom. The molecule has 106 valence electrons. The maximum absolute atomic E-state index is 11.6. The molecule has 1 aliphatic heterocycles. The second-order valence-corrected chi connectivity index (χ2v) is 6.50. The zero-order valence-corrected chi connectivity index (χ0v) is 12.3. The smallest absolute Gasteiger partial charge is 0.313 e. The van der Waals surface area contributed by atoms with Crippen LogP contribution in [0.4, 0.5) is 0 Å². The van der Waals surface area contributed by atoms with Crippen molar-refractivity contribution in [2.24, 2.45) is 5.41 Å². The van der Waals surface area contributed by atoms with Crippen molar-refractivity contribution in [1.29, 1.82) is 0 Å². The van der Waals surface area contributed by atoms with Gasteiger partial charge in [-0.05, 0) is 31.7 Å². The first-order chi connectivity index (χ1) is 9.03. The number of hydrogen-bond acceptors (Lipinski definition) is 4. The highest BCUT2D eigenvalue weighted by atomic mass is 32.1. The van der Waals surface area contributed by atoms with Crippen molar-refractivity contribution >= 4 is 17.3 Å². The lowest BCUT2D eigenvalue weighted by Gasteiger charge is -2.33. The fourth-order valence-corrected chi connectivity index (χ4v) is 3.11. The van der Waals surface area contributed by atoms with E-state index in [1.54, 1.807) is 11.3 Å². The molecule has 1 N–H and O–H groups in total. The molecule has 5 heteroatoms. The number of thiophene rings is 1. The van der Waals surface area contributed by atoms with E-state index < -0.39 is 11.4 Å². The predicted octanol–water partition coefficient (Wildman–Crippen LogP) is 2.45. The SMILES string of the molecule is CC(C)N(Cc1cccs1)CC1(C(=O)O)CCOC1. The van der Waals surface area contributed by atoms with Crippen LogP contribution in [0.25, 0.3) is 0 Å². The lowest BCUT2D eigenvalue weighted by molar-refractivity contribution is -0.150. The fourth-order valence-electron chi connectivity index (χ4n) is 2.38. The summed E-state index contributed by atoms with van der Waals surface area (Å²) < 4.78 is 5.33. The van der Waals surface area contributed by atoms with Crippen LogP contribution in [0.5, 0.6) is 0 Å². The van der Waals surface area contributed by atoms with E-state index in [0.29, 0.717) is 32.2 Å². The van der Waals surface area contributed by atoms with Crippen molar-refractivity contribution in [2.45, 2.75) is 32.9 Å². The number of carboxylic acid groups (broad SMARTS) is 1. The van der Waals surface area contributed by atoms with Crippen molar-refractivity contribution in [3.05, 3.63) is 22.4 Å². The van der Waals surface area contributed by atoms with Gasteiger partial charge in [0, 0.05) is 30.6 Å². The predicted molar refractivity (Wildman–Crippen MR) is 75.4 cm³/mol. The molecule has 1 unspecified atom stereocenters. The number of hydrogen-bond donors (Lipinski definition) is 1. The maximum atomic E-state index is 11.6. The third-order valence-electron chi connectivity index (χ3n) is 3.73. The van der Waals surface area contributed by atoms with E-state index in [9.17, 15) is 9.90 Å². The van der Waals surface area contributed by atoms with E-state index >= 15 is 0 Å². The number of nitrogens with zero attached hydrogens (tertiary/aromatic N) is 1. The molecule has 0 bridgehead atoms. The number of aliphatic carboxylic acids is 1. The van der Waals surface area contributed by atoms with Gasteiger partial charge in [-0.15, -0.1) is 11.3 Å². The molecule has 0 saturated carbocycles. The third kappa shape index (κ3) is 3.35. The molecule has 0 aliphatic carbocycles. The van der Waals surface area contributed by atoms with E-state index in [1.807, 2.05) is 6.07 Å². The Balaban J connectivity index is 2.09. The van der Waals surface area contributed by atoms with Crippen molar-refractivity contribution in [3.63, 3.8) is 0 Å². The zero-order chi connectivity index (χ0) is 13.9. The first-order valence-electron chi connectivity index (χ1n) is 6.61. The van der Waals surface area contributed by atoms with Gasteiger partial charge in [0.1, 0.15) is 5.41 Å². The Morgan fingerprint density at radius 2 is 2.42 bits per heavy atom. The Morgan fingerprint density at radius 3 is 2.89 bits per heavy atom. The van der Waals surface area contributed by atoms with Gasteiger partial charge in [-0.3, -0.25) is 9.69 Å². The van der Waals surface area contributed by atoms with Crippen molar-refractivity contribution in [3.8, 4) is 0 Å². The summed E-state index contributed by atoms with van der Waals surface area (Å²) in [6, 6.07) is 4.45. The van der Waals surface area contributed by atoms with Crippen LogP contribution in [0.3, 0.4) is 0 Å². The molecule has 2 heterocycles. The summed E-state index contributed by atoms with van der Waals surface area (Å²) in [5, 5.41) is 11.6. The largest absolute Gasteiger partial charge is 0.481 e. The summed E-state index contributed by atoms with van der Waals surface area (Å²) in [5.74, 6) is -0.734. The number of ether oxygens (including phenoxy) is 1. The molecule has 4 nitrogen and oxygen atoms in total. The minimum absolute atomic E-state index is 0.318. The second kappa shape index (κ2) is 6.03. The van der Waals surface area contributed by atoms with Gasteiger partial charge in [-0.25, -0.2) is 0 Å². The molecule has 2 rings (SSSR count). The van der Waals surface area contributed by atoms with Crippen LogP contribution in [-0.4, -0.2) is 41.8 Å². The Labute approximate surface area is 118 Å². The molecule has 1 aromatic heterocycles. The fraction of sp³-hybridized carbons (Fsp3) is 0.643. The average Bonchev–Trinajstić information content (AvgIpc) is 2.99. The molecule has 1 fully saturated rings. The second-order valence-electron chi connectivity index (χ2n) is 5.47. The quantitative estimate of drug-likeness (QED) is 0.871. The molecule has 1 aliphatic rings. The molecule has 1 atom stereocenters. The van der Waals surface area contributed by atoms with Gasteiger partial charge in [0.25, 0.3) is 0 Å². The summed E-state index contributed by atoms with van der Waals surface area (Å²) in [6.45, 7) is 6.47. The normalized spacial score (nSPS) is 23.4. The molecule has 1 aromatic rings. The van der Waals surface area contributed by atoms with Gasteiger partial charge in [0.2, 0.25) is 0 Å². The highest BCUT2D eigenvalue weighted by molar-refractivity contribution is 7.09. The summed E-state index contributed by atoms with van der Waals surface area (Å²) in [5.41, 5.74) is -0.735. The molecular formula is C14H21NO3S. The summed E-state index contributed by atoms with van der Waals surface area (Å²) in [6.07, 6.45) is 0.607. The maximum Gasteiger partial charge on any atom is 0.313 e. The molecular weight excluding hydrogens is 262 g/mol. The van der Waals surface area contributed by atoms with Crippen LogP contribution < -0.4 is 0 Å². The molecule has 0 radical (unpaired) electrons. The first-order valence-corrected chi connectivity index (χ1v) is 7.49. The van der Waals surface area contributed by atoms with Gasteiger partial charge in [0.05, 0.1) is 6.61 Å². The molecule has 0 spiro atoms. The Kier molecular flexibility index (Phi) is 4.60. The zero-order valence-electron chi connectivity index (χ0n) is 11.5. The molecule has 19 heavy (non-hydrogen) atoms.